The van der Waals surface area contributed by atoms with Gasteiger partial charge in [-0.15, -0.1) is 0 Å². The van der Waals surface area contributed by atoms with Gasteiger partial charge in [0.1, 0.15) is 0 Å². The van der Waals surface area contributed by atoms with Crippen LogP contribution < -0.4 is 4.90 Å². The van der Waals surface area contributed by atoms with E-state index in [-0.39, 0.29) is 0 Å². The second kappa shape index (κ2) is 4.06. The molecule has 0 aliphatic carbocycles. The predicted molar refractivity (Wildman–Crippen MR) is 59.8 cm³/mol. The van der Waals surface area contributed by atoms with E-state index < -0.39 is 6.09 Å². The Balaban J connectivity index is 2.43. The molecule has 0 aliphatic heterocycles. The number of aromatic nitrogens is 2. The zero-order chi connectivity index (χ0) is 11.5. The molecular weight excluding hydrogens is 206 g/mol. The van der Waals surface area contributed by atoms with Crippen LogP contribution in [-0.4, -0.2) is 21.0 Å². The van der Waals surface area contributed by atoms with Crippen LogP contribution in [0.4, 0.5) is 16.2 Å². The monoisotopic (exact) mass is 217 g/mol. The Hall–Kier alpha value is -2.30. The number of para-hydroxylation sites is 1. The zero-order valence-corrected chi connectivity index (χ0v) is 8.74. The Morgan fingerprint density at radius 3 is 2.50 bits per heavy atom. The van der Waals surface area contributed by atoms with Crippen molar-refractivity contribution in [1.82, 2.24) is 9.78 Å². The molecule has 5 nitrogen and oxygen atoms in total. The van der Waals surface area contributed by atoms with Gasteiger partial charge in [0.25, 0.3) is 0 Å². The first kappa shape index (κ1) is 10.2. The number of benzene rings is 1. The summed E-state index contributed by atoms with van der Waals surface area (Å²) in [5.74, 6) is 0. The lowest BCUT2D eigenvalue weighted by molar-refractivity contribution is 0.205. The van der Waals surface area contributed by atoms with Gasteiger partial charge in [0.05, 0.1) is 17.6 Å². The number of nitrogens with zero attached hydrogens (tertiary/aromatic N) is 3. The maximum atomic E-state index is 11.2. The van der Waals surface area contributed by atoms with Crippen molar-refractivity contribution < 1.29 is 9.90 Å². The van der Waals surface area contributed by atoms with Gasteiger partial charge in [-0.3, -0.25) is 4.68 Å². The number of carboxylic acid groups (broad SMARTS) is 1. The highest BCUT2D eigenvalue weighted by molar-refractivity contribution is 5.94. The fourth-order valence-corrected chi connectivity index (χ4v) is 1.47. The third-order valence-electron chi connectivity index (χ3n) is 2.16. The van der Waals surface area contributed by atoms with Crippen LogP contribution in [0.2, 0.25) is 0 Å². The first-order chi connectivity index (χ1) is 7.68. The van der Waals surface area contributed by atoms with Crippen molar-refractivity contribution in [1.29, 1.82) is 0 Å². The SMILES string of the molecule is Cn1cc(N(C(=O)O)c2ccccc2)cn1. The number of hydrogen-bond donors (Lipinski definition) is 1. The van der Waals surface area contributed by atoms with Crippen molar-refractivity contribution in [2.45, 2.75) is 0 Å². The van der Waals surface area contributed by atoms with Crippen LogP contribution in [0.1, 0.15) is 0 Å². The Morgan fingerprint density at radius 1 is 1.31 bits per heavy atom. The lowest BCUT2D eigenvalue weighted by atomic mass is 10.3. The molecule has 0 unspecified atom stereocenters. The van der Waals surface area contributed by atoms with Crippen molar-refractivity contribution in [3.63, 3.8) is 0 Å². The predicted octanol–water partition coefficient (Wildman–Crippen LogP) is 2.24. The summed E-state index contributed by atoms with van der Waals surface area (Å²) in [6.45, 7) is 0. The maximum Gasteiger partial charge on any atom is 0.416 e. The molecule has 0 bridgehead atoms. The zero-order valence-electron chi connectivity index (χ0n) is 8.74. The number of aryl methyl sites for hydroxylation is 1. The lowest BCUT2D eigenvalue weighted by Crippen LogP contribution is -2.23. The smallest absolute Gasteiger partial charge is 0.416 e. The molecule has 0 saturated carbocycles. The van der Waals surface area contributed by atoms with Crippen molar-refractivity contribution in [2.75, 3.05) is 4.90 Å². The summed E-state index contributed by atoms with van der Waals surface area (Å²) in [4.78, 5) is 12.4. The van der Waals surface area contributed by atoms with Gasteiger partial charge in [-0.1, -0.05) is 18.2 Å². The third kappa shape index (κ3) is 1.88. The molecule has 0 fully saturated rings. The third-order valence-corrected chi connectivity index (χ3v) is 2.16. The minimum atomic E-state index is -1.03. The van der Waals surface area contributed by atoms with Crippen LogP contribution in [-0.2, 0) is 7.05 Å². The van der Waals surface area contributed by atoms with Crippen LogP contribution in [0.3, 0.4) is 0 Å². The second-order valence-corrected chi connectivity index (χ2v) is 3.33. The van der Waals surface area contributed by atoms with E-state index in [2.05, 4.69) is 5.10 Å². The molecule has 1 heterocycles. The summed E-state index contributed by atoms with van der Waals surface area (Å²) in [5.41, 5.74) is 1.13. The second-order valence-electron chi connectivity index (χ2n) is 3.33. The molecular formula is C11H11N3O2. The average molecular weight is 217 g/mol. The molecule has 1 amide bonds. The fraction of sp³-hybridized carbons (Fsp3) is 0.0909. The summed E-state index contributed by atoms with van der Waals surface area (Å²) in [5, 5.41) is 13.1. The first-order valence-corrected chi connectivity index (χ1v) is 4.75. The van der Waals surface area contributed by atoms with E-state index in [4.69, 9.17) is 0 Å². The highest BCUT2D eigenvalue weighted by atomic mass is 16.4. The van der Waals surface area contributed by atoms with Gasteiger partial charge in [0, 0.05) is 13.2 Å². The molecule has 0 saturated heterocycles. The number of amides is 1. The number of hydrogen-bond acceptors (Lipinski definition) is 2. The molecule has 0 spiro atoms. The normalized spacial score (nSPS) is 10.1. The molecule has 2 rings (SSSR count). The molecule has 5 heteroatoms. The van der Waals surface area contributed by atoms with Gasteiger partial charge < -0.3 is 5.11 Å². The van der Waals surface area contributed by atoms with Crippen LogP contribution in [0.5, 0.6) is 0 Å². The van der Waals surface area contributed by atoms with Crippen LogP contribution in [0, 0.1) is 0 Å². The van der Waals surface area contributed by atoms with E-state index in [0.29, 0.717) is 11.4 Å². The van der Waals surface area contributed by atoms with Crippen molar-refractivity contribution >= 4 is 17.5 Å². The molecule has 16 heavy (non-hydrogen) atoms. The van der Waals surface area contributed by atoms with Gasteiger partial charge >= 0.3 is 6.09 Å². The molecule has 0 radical (unpaired) electrons. The van der Waals surface area contributed by atoms with Crippen molar-refractivity contribution in [3.05, 3.63) is 42.7 Å². The van der Waals surface area contributed by atoms with E-state index in [9.17, 15) is 9.90 Å². The van der Waals surface area contributed by atoms with Crippen molar-refractivity contribution in [3.8, 4) is 0 Å². The average Bonchev–Trinajstić information content (AvgIpc) is 2.66. The largest absolute Gasteiger partial charge is 0.464 e. The summed E-state index contributed by atoms with van der Waals surface area (Å²) in [7, 11) is 1.74. The van der Waals surface area contributed by atoms with E-state index >= 15 is 0 Å². The Kier molecular flexibility index (Phi) is 2.59. The maximum absolute atomic E-state index is 11.2. The molecule has 1 aromatic heterocycles. The minimum absolute atomic E-state index is 0.529. The van der Waals surface area contributed by atoms with Crippen LogP contribution in [0.25, 0.3) is 0 Å². The Bertz CT molecular complexity index is 493. The van der Waals surface area contributed by atoms with E-state index in [1.807, 2.05) is 6.07 Å². The topological polar surface area (TPSA) is 58.4 Å². The van der Waals surface area contributed by atoms with Crippen LogP contribution in [0.15, 0.2) is 42.7 Å². The fourth-order valence-electron chi connectivity index (χ4n) is 1.47. The Morgan fingerprint density at radius 2 is 2.00 bits per heavy atom. The van der Waals surface area contributed by atoms with E-state index in [0.717, 1.165) is 0 Å². The molecule has 2 aromatic rings. The quantitative estimate of drug-likeness (QED) is 0.839. The molecule has 0 aliphatic rings. The van der Waals surface area contributed by atoms with Gasteiger partial charge in [-0.2, -0.15) is 5.10 Å². The molecule has 1 aromatic carbocycles. The number of carbonyl (C=O) groups is 1. The van der Waals surface area contributed by atoms with E-state index in [1.165, 1.54) is 11.1 Å². The summed E-state index contributed by atoms with van der Waals surface area (Å²) >= 11 is 0. The summed E-state index contributed by atoms with van der Waals surface area (Å²) in [6.07, 6.45) is 2.14. The highest BCUT2D eigenvalue weighted by Crippen LogP contribution is 2.24. The molecule has 82 valence electrons. The highest BCUT2D eigenvalue weighted by Gasteiger charge is 2.17. The van der Waals surface area contributed by atoms with Gasteiger partial charge in [-0.25, -0.2) is 9.69 Å². The number of rotatable bonds is 2. The number of anilines is 2. The summed E-state index contributed by atoms with van der Waals surface area (Å²) in [6, 6.07) is 8.90. The Labute approximate surface area is 92.5 Å². The van der Waals surface area contributed by atoms with Gasteiger partial charge in [0.2, 0.25) is 0 Å². The molecule has 0 atom stereocenters. The van der Waals surface area contributed by atoms with E-state index in [1.54, 1.807) is 42.2 Å². The van der Waals surface area contributed by atoms with Crippen LogP contribution >= 0.6 is 0 Å². The first-order valence-electron chi connectivity index (χ1n) is 4.75. The summed E-state index contributed by atoms with van der Waals surface area (Å²) < 4.78 is 1.56. The van der Waals surface area contributed by atoms with Gasteiger partial charge in [0.15, 0.2) is 0 Å². The van der Waals surface area contributed by atoms with Gasteiger partial charge in [-0.05, 0) is 12.1 Å². The standard InChI is InChI=1S/C11H11N3O2/c1-13-8-10(7-12-13)14(11(15)16)9-5-3-2-4-6-9/h2-8H,1H3,(H,15,16). The molecule has 1 N–H and O–H groups in total. The lowest BCUT2D eigenvalue weighted by Gasteiger charge is -2.16. The van der Waals surface area contributed by atoms with Crippen molar-refractivity contribution in [2.24, 2.45) is 7.05 Å². The minimum Gasteiger partial charge on any atom is -0.464 e.